The summed E-state index contributed by atoms with van der Waals surface area (Å²) in [7, 11) is 1.11. The molecule has 1 aromatic rings. The molecule has 0 aliphatic carbocycles. The van der Waals surface area contributed by atoms with Crippen LogP contribution < -0.4 is 0 Å². The number of alkyl halides is 3. The lowest BCUT2D eigenvalue weighted by Crippen LogP contribution is -2.12. The molecule has 0 N–H and O–H groups in total. The molecule has 0 radical (unpaired) electrons. The SMILES string of the molecule is COC(=O)c1cc(C#N)c(C(F)(F)F)cc1I. The lowest BCUT2D eigenvalue weighted by Gasteiger charge is -2.11. The summed E-state index contributed by atoms with van der Waals surface area (Å²) < 4.78 is 42.2. The van der Waals surface area contributed by atoms with Crippen molar-refractivity contribution in [2.75, 3.05) is 7.11 Å². The first kappa shape index (κ1) is 13.8. The first-order chi connectivity index (χ1) is 7.81. The number of carbonyl (C=O) groups excluding carboxylic acids is 1. The molecule has 0 aliphatic rings. The molecular weight excluding hydrogens is 350 g/mol. The van der Waals surface area contributed by atoms with E-state index in [2.05, 4.69) is 4.74 Å². The molecule has 0 amide bonds. The molecule has 0 bridgehead atoms. The van der Waals surface area contributed by atoms with E-state index in [4.69, 9.17) is 5.26 Å². The lowest BCUT2D eigenvalue weighted by molar-refractivity contribution is -0.137. The smallest absolute Gasteiger partial charge is 0.417 e. The van der Waals surface area contributed by atoms with Crippen LogP contribution in [0.3, 0.4) is 0 Å². The molecule has 0 fully saturated rings. The quantitative estimate of drug-likeness (QED) is 0.575. The van der Waals surface area contributed by atoms with Crippen molar-refractivity contribution in [2.45, 2.75) is 6.18 Å². The second-order valence-electron chi connectivity index (χ2n) is 2.98. The van der Waals surface area contributed by atoms with Crippen molar-refractivity contribution in [1.29, 1.82) is 5.26 Å². The van der Waals surface area contributed by atoms with Crippen LogP contribution in [0.15, 0.2) is 12.1 Å². The second-order valence-corrected chi connectivity index (χ2v) is 4.14. The van der Waals surface area contributed by atoms with Crippen LogP contribution in [0, 0.1) is 14.9 Å². The predicted molar refractivity (Wildman–Crippen MR) is 60.2 cm³/mol. The number of benzene rings is 1. The van der Waals surface area contributed by atoms with Crippen LogP contribution in [0.4, 0.5) is 13.2 Å². The van der Waals surface area contributed by atoms with E-state index in [0.717, 1.165) is 19.2 Å². The molecule has 0 aromatic heterocycles. The maximum Gasteiger partial charge on any atom is 0.417 e. The largest absolute Gasteiger partial charge is 0.465 e. The van der Waals surface area contributed by atoms with Gasteiger partial charge >= 0.3 is 12.1 Å². The van der Waals surface area contributed by atoms with Gasteiger partial charge in [-0.1, -0.05) is 0 Å². The molecule has 0 unspecified atom stereocenters. The number of nitriles is 1. The van der Waals surface area contributed by atoms with Gasteiger partial charge in [-0.05, 0) is 34.7 Å². The van der Waals surface area contributed by atoms with Gasteiger partial charge in [0.25, 0.3) is 0 Å². The minimum Gasteiger partial charge on any atom is -0.465 e. The zero-order valence-corrected chi connectivity index (χ0v) is 10.6. The highest BCUT2D eigenvalue weighted by Gasteiger charge is 2.34. The Balaban J connectivity index is 3.47. The van der Waals surface area contributed by atoms with E-state index in [1.54, 1.807) is 22.6 Å². The molecule has 0 spiro atoms. The summed E-state index contributed by atoms with van der Waals surface area (Å²) in [6.07, 6.45) is -4.63. The lowest BCUT2D eigenvalue weighted by atomic mass is 10.0. The summed E-state index contributed by atoms with van der Waals surface area (Å²) >= 11 is 1.59. The molecule has 0 saturated carbocycles. The Morgan fingerprint density at radius 3 is 2.47 bits per heavy atom. The van der Waals surface area contributed by atoms with Gasteiger partial charge < -0.3 is 4.74 Å². The number of nitrogens with zero attached hydrogens (tertiary/aromatic N) is 1. The van der Waals surface area contributed by atoms with Crippen molar-refractivity contribution in [1.82, 2.24) is 0 Å². The summed E-state index contributed by atoms with van der Waals surface area (Å²) in [5.74, 6) is -0.778. The van der Waals surface area contributed by atoms with Gasteiger partial charge in [0.15, 0.2) is 0 Å². The van der Waals surface area contributed by atoms with Gasteiger partial charge in [-0.2, -0.15) is 18.4 Å². The van der Waals surface area contributed by atoms with Crippen LogP contribution in [-0.4, -0.2) is 13.1 Å². The average molecular weight is 355 g/mol. The van der Waals surface area contributed by atoms with E-state index in [-0.39, 0.29) is 9.13 Å². The third kappa shape index (κ3) is 2.88. The van der Waals surface area contributed by atoms with E-state index in [9.17, 15) is 18.0 Å². The van der Waals surface area contributed by atoms with Gasteiger partial charge in [0.1, 0.15) is 0 Å². The molecule has 0 atom stereocenters. The van der Waals surface area contributed by atoms with Gasteiger partial charge in [0.05, 0.1) is 29.9 Å². The van der Waals surface area contributed by atoms with Gasteiger partial charge in [0.2, 0.25) is 0 Å². The number of ether oxygens (including phenoxy) is 1. The summed E-state index contributed by atoms with van der Waals surface area (Å²) in [5.41, 5.74) is -1.71. The molecule has 0 heterocycles. The van der Waals surface area contributed by atoms with E-state index < -0.39 is 23.3 Å². The highest BCUT2D eigenvalue weighted by molar-refractivity contribution is 14.1. The Kier molecular flexibility index (Phi) is 3.98. The van der Waals surface area contributed by atoms with Crippen molar-refractivity contribution in [3.05, 3.63) is 32.4 Å². The summed E-state index contributed by atoms with van der Waals surface area (Å²) in [6.45, 7) is 0. The summed E-state index contributed by atoms with van der Waals surface area (Å²) in [6, 6.07) is 3.06. The van der Waals surface area contributed by atoms with E-state index >= 15 is 0 Å². The monoisotopic (exact) mass is 355 g/mol. The maximum atomic E-state index is 12.6. The Bertz CT molecular complexity index is 505. The van der Waals surface area contributed by atoms with Crippen LogP contribution >= 0.6 is 22.6 Å². The van der Waals surface area contributed by atoms with Crippen molar-refractivity contribution in [3.63, 3.8) is 0 Å². The fraction of sp³-hybridized carbons (Fsp3) is 0.200. The Morgan fingerprint density at radius 1 is 1.47 bits per heavy atom. The first-order valence-corrected chi connectivity index (χ1v) is 5.28. The van der Waals surface area contributed by atoms with Crippen molar-refractivity contribution < 1.29 is 22.7 Å². The molecular formula is C10H5F3INO2. The average Bonchev–Trinajstić information content (AvgIpc) is 2.26. The summed E-state index contributed by atoms with van der Waals surface area (Å²) in [4.78, 5) is 11.2. The van der Waals surface area contributed by atoms with Gasteiger partial charge in [-0.3, -0.25) is 0 Å². The van der Waals surface area contributed by atoms with Crippen LogP contribution in [0.5, 0.6) is 0 Å². The topological polar surface area (TPSA) is 50.1 Å². The molecule has 1 aromatic carbocycles. The maximum absolute atomic E-state index is 12.6. The standard InChI is InChI=1S/C10H5F3INO2/c1-17-9(16)6-2-5(4-15)7(3-8(6)14)10(11,12)13/h2-3H,1H3. The number of hydrogen-bond donors (Lipinski definition) is 0. The fourth-order valence-corrected chi connectivity index (χ4v) is 1.85. The Morgan fingerprint density at radius 2 is 2.06 bits per heavy atom. The zero-order valence-electron chi connectivity index (χ0n) is 8.43. The van der Waals surface area contributed by atoms with E-state index in [1.165, 1.54) is 6.07 Å². The highest BCUT2D eigenvalue weighted by atomic mass is 127. The summed E-state index contributed by atoms with van der Waals surface area (Å²) in [5, 5.41) is 8.65. The number of rotatable bonds is 1. The van der Waals surface area contributed by atoms with Crippen molar-refractivity contribution in [2.24, 2.45) is 0 Å². The Labute approximate surface area is 108 Å². The van der Waals surface area contributed by atoms with E-state index in [1.807, 2.05) is 0 Å². The van der Waals surface area contributed by atoms with Crippen LogP contribution in [0.25, 0.3) is 0 Å². The minimum atomic E-state index is -4.63. The zero-order chi connectivity index (χ0) is 13.2. The van der Waals surface area contributed by atoms with E-state index in [0.29, 0.717) is 0 Å². The van der Waals surface area contributed by atoms with Gasteiger partial charge in [0, 0.05) is 3.57 Å². The molecule has 0 aliphatic heterocycles. The number of halogens is 4. The number of hydrogen-bond acceptors (Lipinski definition) is 3. The molecule has 17 heavy (non-hydrogen) atoms. The molecule has 90 valence electrons. The van der Waals surface area contributed by atoms with Gasteiger partial charge in [-0.15, -0.1) is 0 Å². The minimum absolute atomic E-state index is 0.0577. The third-order valence-corrected chi connectivity index (χ3v) is 2.83. The molecule has 1 rings (SSSR count). The van der Waals surface area contributed by atoms with Crippen molar-refractivity contribution in [3.8, 4) is 6.07 Å². The predicted octanol–water partition coefficient (Wildman–Crippen LogP) is 2.97. The highest BCUT2D eigenvalue weighted by Crippen LogP contribution is 2.34. The number of methoxy groups -OCH3 is 1. The number of esters is 1. The fourth-order valence-electron chi connectivity index (χ4n) is 1.17. The Hall–Kier alpha value is -1.30. The van der Waals surface area contributed by atoms with Crippen LogP contribution in [0.1, 0.15) is 21.5 Å². The normalized spacial score (nSPS) is 10.8. The second kappa shape index (κ2) is 4.91. The van der Waals surface area contributed by atoms with Gasteiger partial charge in [-0.25, -0.2) is 4.79 Å². The third-order valence-electron chi connectivity index (χ3n) is 1.94. The number of carbonyl (C=O) groups is 1. The van der Waals surface area contributed by atoms with Crippen LogP contribution in [-0.2, 0) is 10.9 Å². The van der Waals surface area contributed by atoms with Crippen LogP contribution in [0.2, 0.25) is 0 Å². The molecule has 0 saturated heterocycles. The first-order valence-electron chi connectivity index (χ1n) is 4.20. The molecule has 7 heteroatoms. The molecule has 3 nitrogen and oxygen atoms in total. The van der Waals surface area contributed by atoms with Crippen molar-refractivity contribution >= 4 is 28.6 Å².